The molecule has 2 aromatic rings. The number of hydrogen-bond acceptors (Lipinski definition) is 6. The van der Waals surface area contributed by atoms with Crippen LogP contribution in [-0.2, 0) is 9.59 Å². The van der Waals surface area contributed by atoms with Gasteiger partial charge in [0.25, 0.3) is 0 Å². The topological polar surface area (TPSA) is 133 Å². The molecule has 8 heteroatoms. The Balaban J connectivity index is 1.93. The number of carbonyl (C=O) groups is 4. The summed E-state index contributed by atoms with van der Waals surface area (Å²) in [5.41, 5.74) is 0.492. The van der Waals surface area contributed by atoms with Gasteiger partial charge in [-0.15, -0.1) is 0 Å². The van der Waals surface area contributed by atoms with E-state index in [1.807, 2.05) is 0 Å². The molecule has 8 nitrogen and oxygen atoms in total. The first-order valence-electron chi connectivity index (χ1n) is 7.67. The second kappa shape index (κ2) is 6.67. The molecule has 0 heterocycles. The van der Waals surface area contributed by atoms with Gasteiger partial charge in [-0.1, -0.05) is 24.3 Å². The van der Waals surface area contributed by atoms with E-state index >= 15 is 0 Å². The van der Waals surface area contributed by atoms with Crippen LogP contribution >= 0.6 is 0 Å². The second-order valence-electron chi connectivity index (χ2n) is 5.61. The second-order valence-corrected chi connectivity index (χ2v) is 5.61. The van der Waals surface area contributed by atoms with E-state index in [-0.39, 0.29) is 40.2 Å². The molecule has 0 saturated carbocycles. The van der Waals surface area contributed by atoms with Gasteiger partial charge in [0.05, 0.1) is 17.7 Å². The summed E-state index contributed by atoms with van der Waals surface area (Å²) in [6.07, 6.45) is 0. The van der Waals surface area contributed by atoms with Crippen molar-refractivity contribution >= 4 is 29.1 Å². The van der Waals surface area contributed by atoms with E-state index < -0.39 is 30.0 Å². The van der Waals surface area contributed by atoms with Crippen LogP contribution in [0.3, 0.4) is 0 Å². The average Bonchev–Trinajstić information content (AvgIpc) is 2.63. The van der Waals surface area contributed by atoms with Crippen LogP contribution in [0.1, 0.15) is 31.8 Å². The van der Waals surface area contributed by atoms with Crippen LogP contribution in [0, 0.1) is 0 Å². The number of carbonyl (C=O) groups excluding carboxylic acids is 3. The number of ketones is 2. The quantitative estimate of drug-likeness (QED) is 0.498. The van der Waals surface area contributed by atoms with Crippen molar-refractivity contribution in [3.63, 3.8) is 0 Å². The molecule has 132 valence electrons. The summed E-state index contributed by atoms with van der Waals surface area (Å²) in [5, 5.41) is 23.5. The molecule has 0 fully saturated rings. The van der Waals surface area contributed by atoms with Crippen LogP contribution in [0.2, 0.25) is 0 Å². The smallest absolute Gasteiger partial charge is 0.322 e. The number of phenols is 1. The number of rotatable bonds is 5. The number of carboxylic acids is 1. The Hall–Kier alpha value is -3.68. The molecule has 0 aromatic heterocycles. The summed E-state index contributed by atoms with van der Waals surface area (Å²) in [5.74, 6) is -3.03. The van der Waals surface area contributed by atoms with Gasteiger partial charge < -0.3 is 20.8 Å². The maximum absolute atomic E-state index is 12.8. The average molecular weight is 354 g/mol. The van der Waals surface area contributed by atoms with Crippen molar-refractivity contribution in [3.8, 4) is 5.75 Å². The zero-order valence-electron chi connectivity index (χ0n) is 13.4. The summed E-state index contributed by atoms with van der Waals surface area (Å²) >= 11 is 0. The maximum atomic E-state index is 12.8. The SMILES string of the molecule is O=C(O)CNC(=O)CNc1ccc(O)c2c1C(=O)c1ccccc1C2=O. The van der Waals surface area contributed by atoms with E-state index in [4.69, 9.17) is 5.11 Å². The van der Waals surface area contributed by atoms with Crippen molar-refractivity contribution < 1.29 is 29.4 Å². The first kappa shape index (κ1) is 17.2. The number of carboxylic acid groups (broad SMARTS) is 1. The predicted octanol–water partition coefficient (Wildman–Crippen LogP) is 0.780. The fourth-order valence-corrected chi connectivity index (χ4v) is 2.77. The van der Waals surface area contributed by atoms with Gasteiger partial charge in [-0.2, -0.15) is 0 Å². The Kier molecular flexibility index (Phi) is 4.40. The van der Waals surface area contributed by atoms with Crippen molar-refractivity contribution in [1.82, 2.24) is 5.32 Å². The minimum Gasteiger partial charge on any atom is -0.507 e. The fraction of sp³-hybridized carbons (Fsp3) is 0.111. The lowest BCUT2D eigenvalue weighted by Crippen LogP contribution is -2.34. The van der Waals surface area contributed by atoms with Crippen LogP contribution in [0.5, 0.6) is 5.75 Å². The third kappa shape index (κ3) is 3.00. The number of aromatic hydroxyl groups is 1. The zero-order valence-corrected chi connectivity index (χ0v) is 13.4. The van der Waals surface area contributed by atoms with Crippen LogP contribution in [0.25, 0.3) is 0 Å². The normalized spacial score (nSPS) is 12.2. The van der Waals surface area contributed by atoms with E-state index in [1.54, 1.807) is 12.1 Å². The minimum atomic E-state index is -1.18. The highest BCUT2D eigenvalue weighted by Crippen LogP contribution is 2.36. The summed E-state index contributed by atoms with van der Waals surface area (Å²) in [4.78, 5) is 47.6. The molecule has 1 aliphatic rings. The van der Waals surface area contributed by atoms with Gasteiger partial charge in [-0.05, 0) is 12.1 Å². The van der Waals surface area contributed by atoms with E-state index in [0.29, 0.717) is 0 Å². The van der Waals surface area contributed by atoms with Crippen LogP contribution in [-0.4, -0.2) is 46.7 Å². The number of hydrogen-bond donors (Lipinski definition) is 4. The van der Waals surface area contributed by atoms with Gasteiger partial charge >= 0.3 is 5.97 Å². The monoisotopic (exact) mass is 354 g/mol. The molecule has 4 N–H and O–H groups in total. The van der Waals surface area contributed by atoms with Crippen molar-refractivity contribution in [1.29, 1.82) is 0 Å². The molecule has 0 aliphatic heterocycles. The number of anilines is 1. The van der Waals surface area contributed by atoms with Gasteiger partial charge in [-0.3, -0.25) is 19.2 Å². The first-order valence-corrected chi connectivity index (χ1v) is 7.67. The van der Waals surface area contributed by atoms with Gasteiger partial charge in [0, 0.05) is 16.8 Å². The molecule has 0 spiro atoms. The van der Waals surface area contributed by atoms with Crippen LogP contribution in [0.15, 0.2) is 36.4 Å². The highest BCUT2D eigenvalue weighted by molar-refractivity contribution is 6.31. The number of phenolic OH excluding ortho intramolecular Hbond substituents is 1. The molecule has 0 unspecified atom stereocenters. The molecular formula is C18H14N2O6. The fourth-order valence-electron chi connectivity index (χ4n) is 2.77. The summed E-state index contributed by atoms with van der Waals surface area (Å²) in [6, 6.07) is 8.93. The highest BCUT2D eigenvalue weighted by atomic mass is 16.4. The third-order valence-electron chi connectivity index (χ3n) is 3.93. The number of aliphatic carboxylic acids is 1. The summed E-state index contributed by atoms with van der Waals surface area (Å²) < 4.78 is 0. The molecule has 0 radical (unpaired) electrons. The molecule has 0 atom stereocenters. The Morgan fingerprint density at radius 1 is 0.885 bits per heavy atom. The molecule has 1 amide bonds. The number of amides is 1. The van der Waals surface area contributed by atoms with Crippen molar-refractivity contribution in [2.24, 2.45) is 0 Å². The van der Waals surface area contributed by atoms with Crippen LogP contribution < -0.4 is 10.6 Å². The van der Waals surface area contributed by atoms with Gasteiger partial charge in [0.2, 0.25) is 5.91 Å². The van der Waals surface area contributed by atoms with E-state index in [0.717, 1.165) is 0 Å². The number of fused-ring (bicyclic) bond motifs is 2. The lowest BCUT2D eigenvalue weighted by molar-refractivity contribution is -0.137. The molecule has 1 aliphatic carbocycles. The zero-order chi connectivity index (χ0) is 18.8. The lowest BCUT2D eigenvalue weighted by Gasteiger charge is -2.21. The van der Waals surface area contributed by atoms with E-state index in [2.05, 4.69) is 10.6 Å². The molecular weight excluding hydrogens is 340 g/mol. The Morgan fingerprint density at radius 3 is 2.12 bits per heavy atom. The van der Waals surface area contributed by atoms with Crippen molar-refractivity contribution in [2.45, 2.75) is 0 Å². The lowest BCUT2D eigenvalue weighted by atomic mass is 9.82. The predicted molar refractivity (Wildman–Crippen MR) is 90.5 cm³/mol. The van der Waals surface area contributed by atoms with Gasteiger partial charge in [-0.25, -0.2) is 0 Å². The van der Waals surface area contributed by atoms with Gasteiger partial charge in [0.1, 0.15) is 12.3 Å². The van der Waals surface area contributed by atoms with E-state index in [1.165, 1.54) is 24.3 Å². The number of nitrogens with one attached hydrogen (secondary N) is 2. The summed E-state index contributed by atoms with van der Waals surface area (Å²) in [6.45, 7) is -0.827. The Morgan fingerprint density at radius 2 is 1.50 bits per heavy atom. The molecule has 0 bridgehead atoms. The Bertz CT molecular complexity index is 951. The van der Waals surface area contributed by atoms with Gasteiger partial charge in [0.15, 0.2) is 11.6 Å². The largest absolute Gasteiger partial charge is 0.507 e. The molecule has 3 rings (SSSR count). The first-order chi connectivity index (χ1) is 12.4. The van der Waals surface area contributed by atoms with E-state index in [9.17, 15) is 24.3 Å². The molecule has 2 aromatic carbocycles. The molecule has 26 heavy (non-hydrogen) atoms. The van der Waals surface area contributed by atoms with Crippen molar-refractivity contribution in [3.05, 3.63) is 58.7 Å². The third-order valence-corrected chi connectivity index (χ3v) is 3.93. The maximum Gasteiger partial charge on any atom is 0.322 e. The minimum absolute atomic E-state index is 0.0141. The van der Waals surface area contributed by atoms with Crippen molar-refractivity contribution in [2.75, 3.05) is 18.4 Å². The number of benzene rings is 2. The summed E-state index contributed by atoms with van der Waals surface area (Å²) in [7, 11) is 0. The van der Waals surface area contributed by atoms with Crippen LogP contribution in [0.4, 0.5) is 5.69 Å². The standard InChI is InChI=1S/C18H14N2O6/c21-12-6-5-11(19-7-13(22)20-8-14(23)24)15-16(12)18(26)10-4-2-1-3-9(10)17(15)25/h1-6,19,21H,7-8H2,(H,20,22)(H,23,24). The highest BCUT2D eigenvalue weighted by Gasteiger charge is 2.33. The Labute approximate surface area is 147 Å². The molecule has 0 saturated heterocycles.